The molecule has 1 rings (SSSR count). The van der Waals surface area contributed by atoms with Crippen LogP contribution in [0.5, 0.6) is 0 Å². The first-order chi connectivity index (χ1) is 10.3. The fraction of sp³-hybridized carbons (Fsp3) is 0.917. The molecule has 0 saturated carbocycles. The summed E-state index contributed by atoms with van der Waals surface area (Å²) in [6.07, 6.45) is -7.79. The van der Waals surface area contributed by atoms with Crippen molar-refractivity contribution in [3.63, 3.8) is 0 Å². The molecule has 9 N–H and O–H groups in total. The van der Waals surface area contributed by atoms with E-state index >= 15 is 0 Å². The van der Waals surface area contributed by atoms with Crippen LogP contribution < -0.4 is 11.1 Å². The van der Waals surface area contributed by atoms with Crippen molar-refractivity contribution in [1.82, 2.24) is 5.32 Å². The van der Waals surface area contributed by atoms with Gasteiger partial charge in [0, 0.05) is 6.54 Å². The van der Waals surface area contributed by atoms with E-state index < -0.39 is 55.4 Å². The molecule has 0 amide bonds. The molecule has 0 radical (unpaired) electrons. The summed E-state index contributed by atoms with van der Waals surface area (Å²) in [6, 6.07) is -1.16. The molecule has 1 unspecified atom stereocenters. The molecule has 0 aromatic rings. The highest BCUT2D eigenvalue weighted by Gasteiger charge is 2.44. The topological polar surface area (TPSA) is 186 Å². The Morgan fingerprint density at radius 2 is 1.82 bits per heavy atom. The molecule has 130 valence electrons. The maximum absolute atomic E-state index is 11.2. The van der Waals surface area contributed by atoms with Crippen molar-refractivity contribution < 1.29 is 40.2 Å². The number of hydrogen-bond donors (Lipinski definition) is 8. The smallest absolute Gasteiger partial charge is 0.320 e. The van der Waals surface area contributed by atoms with E-state index in [4.69, 9.17) is 20.7 Å². The van der Waals surface area contributed by atoms with Gasteiger partial charge in [0.05, 0.1) is 12.7 Å². The minimum Gasteiger partial charge on any atom is -0.480 e. The molecule has 1 saturated heterocycles. The Morgan fingerprint density at radius 3 is 2.32 bits per heavy atom. The molecule has 1 aliphatic rings. The van der Waals surface area contributed by atoms with E-state index in [1.165, 1.54) is 0 Å². The average molecular weight is 324 g/mol. The number of carbonyl (C=O) groups is 1. The molecule has 0 aromatic heterocycles. The minimum atomic E-state index is -1.59. The highest BCUT2D eigenvalue weighted by atomic mass is 16.6. The summed E-state index contributed by atoms with van der Waals surface area (Å²) >= 11 is 0. The van der Waals surface area contributed by atoms with Crippen molar-refractivity contribution >= 4 is 5.97 Å². The molecule has 0 aromatic carbocycles. The number of nitrogens with one attached hydrogen (secondary N) is 1. The van der Waals surface area contributed by atoms with E-state index in [9.17, 15) is 25.2 Å². The second-order valence-corrected chi connectivity index (χ2v) is 5.27. The lowest BCUT2D eigenvalue weighted by Gasteiger charge is -2.41. The predicted molar refractivity (Wildman–Crippen MR) is 72.6 cm³/mol. The molecule has 1 fully saturated rings. The van der Waals surface area contributed by atoms with Gasteiger partial charge in [-0.05, 0) is 12.8 Å². The molecule has 1 aliphatic heterocycles. The van der Waals surface area contributed by atoms with E-state index in [-0.39, 0.29) is 19.4 Å². The van der Waals surface area contributed by atoms with Gasteiger partial charge in [-0.15, -0.1) is 0 Å². The van der Waals surface area contributed by atoms with E-state index in [1.807, 2.05) is 0 Å². The van der Waals surface area contributed by atoms with E-state index in [0.717, 1.165) is 0 Å². The summed E-state index contributed by atoms with van der Waals surface area (Å²) in [7, 11) is 0. The third-order valence-corrected chi connectivity index (χ3v) is 3.62. The van der Waals surface area contributed by atoms with Gasteiger partial charge in [-0.1, -0.05) is 0 Å². The lowest BCUT2D eigenvalue weighted by Crippen LogP contribution is -2.64. The zero-order valence-electron chi connectivity index (χ0n) is 11.9. The number of aliphatic hydroxyl groups is 5. The normalized spacial score (nSPS) is 35.1. The Kier molecular flexibility index (Phi) is 7.59. The van der Waals surface area contributed by atoms with Crippen LogP contribution >= 0.6 is 0 Å². The van der Waals surface area contributed by atoms with Gasteiger partial charge in [0.1, 0.15) is 36.7 Å². The van der Waals surface area contributed by atoms with Crippen LogP contribution in [0.25, 0.3) is 0 Å². The fourth-order valence-electron chi connectivity index (χ4n) is 2.19. The maximum Gasteiger partial charge on any atom is 0.320 e. The standard InChI is InChI=1S/C12H24N2O8/c13-3-5(16)1-2-6(12(20)21)14-11-10(19)9(18)8(17)7(4-15)22-11/h5-11,14-19H,1-4,13H2,(H,20,21)/t5-,6+,7+,8-,9-,10+,11?/m0/s1. The van der Waals surface area contributed by atoms with Gasteiger partial charge in [-0.2, -0.15) is 0 Å². The Morgan fingerprint density at radius 1 is 1.18 bits per heavy atom. The van der Waals surface area contributed by atoms with Crippen molar-refractivity contribution in [3.05, 3.63) is 0 Å². The van der Waals surface area contributed by atoms with Crippen LogP contribution in [0.2, 0.25) is 0 Å². The second kappa shape index (κ2) is 8.70. The lowest BCUT2D eigenvalue weighted by atomic mass is 9.97. The average Bonchev–Trinajstić information content (AvgIpc) is 2.50. The van der Waals surface area contributed by atoms with Crippen LogP contribution in [0.3, 0.4) is 0 Å². The number of carboxylic acid groups (broad SMARTS) is 1. The van der Waals surface area contributed by atoms with E-state index in [1.54, 1.807) is 0 Å². The summed E-state index contributed by atoms with van der Waals surface area (Å²) in [5.74, 6) is -1.24. The maximum atomic E-state index is 11.2. The van der Waals surface area contributed by atoms with Gasteiger partial charge in [0.25, 0.3) is 0 Å². The Hall–Kier alpha value is -0.850. The van der Waals surface area contributed by atoms with E-state index in [2.05, 4.69) is 5.32 Å². The van der Waals surface area contributed by atoms with Crippen LogP contribution in [0, 0.1) is 0 Å². The van der Waals surface area contributed by atoms with Gasteiger partial charge in [0.2, 0.25) is 0 Å². The molecule has 0 bridgehead atoms. The predicted octanol–water partition coefficient (Wildman–Crippen LogP) is -4.07. The first kappa shape index (κ1) is 19.2. The molecule has 10 heteroatoms. The third-order valence-electron chi connectivity index (χ3n) is 3.62. The number of carboxylic acids is 1. The van der Waals surface area contributed by atoms with Crippen LogP contribution in [-0.2, 0) is 9.53 Å². The summed E-state index contributed by atoms with van der Waals surface area (Å²) in [5.41, 5.74) is 5.24. The van der Waals surface area contributed by atoms with Crippen molar-refractivity contribution in [1.29, 1.82) is 0 Å². The summed E-state index contributed by atoms with van der Waals surface area (Å²) < 4.78 is 5.17. The Labute approximate surface area is 127 Å². The molecular weight excluding hydrogens is 300 g/mol. The monoisotopic (exact) mass is 324 g/mol. The van der Waals surface area contributed by atoms with Crippen molar-refractivity contribution in [2.75, 3.05) is 13.2 Å². The number of rotatable bonds is 8. The summed E-state index contributed by atoms with van der Waals surface area (Å²) in [6.45, 7) is -0.612. The van der Waals surface area contributed by atoms with Crippen LogP contribution in [-0.4, -0.2) is 92.5 Å². The number of nitrogens with two attached hydrogens (primary N) is 1. The summed E-state index contributed by atoms with van der Waals surface area (Å²) in [4.78, 5) is 11.2. The molecule has 0 spiro atoms. The van der Waals surface area contributed by atoms with Gasteiger partial charge in [-0.25, -0.2) is 0 Å². The van der Waals surface area contributed by atoms with Gasteiger partial charge < -0.3 is 41.1 Å². The first-order valence-electron chi connectivity index (χ1n) is 6.99. The van der Waals surface area contributed by atoms with E-state index in [0.29, 0.717) is 0 Å². The third kappa shape index (κ3) is 4.83. The molecule has 7 atom stereocenters. The van der Waals surface area contributed by atoms with Gasteiger partial charge in [-0.3, -0.25) is 10.1 Å². The quantitative estimate of drug-likeness (QED) is 0.218. The van der Waals surface area contributed by atoms with Gasteiger partial charge in [0.15, 0.2) is 0 Å². The van der Waals surface area contributed by atoms with Crippen LogP contribution in [0.4, 0.5) is 0 Å². The van der Waals surface area contributed by atoms with Crippen LogP contribution in [0.15, 0.2) is 0 Å². The molecule has 0 aliphatic carbocycles. The van der Waals surface area contributed by atoms with Crippen LogP contribution in [0.1, 0.15) is 12.8 Å². The molecule has 1 heterocycles. The van der Waals surface area contributed by atoms with Gasteiger partial charge >= 0.3 is 5.97 Å². The number of ether oxygens (including phenoxy) is 1. The zero-order valence-corrected chi connectivity index (χ0v) is 11.9. The largest absolute Gasteiger partial charge is 0.480 e. The zero-order chi connectivity index (χ0) is 16.9. The second-order valence-electron chi connectivity index (χ2n) is 5.27. The number of aliphatic hydroxyl groups excluding tert-OH is 5. The molecular formula is C12H24N2O8. The fourth-order valence-corrected chi connectivity index (χ4v) is 2.19. The van der Waals surface area contributed by atoms with Crippen molar-refractivity contribution in [2.45, 2.75) is 55.6 Å². The number of aliphatic carboxylic acids is 1. The number of hydrogen-bond acceptors (Lipinski definition) is 9. The van der Waals surface area contributed by atoms with Crippen molar-refractivity contribution in [3.8, 4) is 0 Å². The summed E-state index contributed by atoms with van der Waals surface area (Å²) in [5, 5.41) is 59.2. The minimum absolute atomic E-state index is 0.00755. The SMILES string of the molecule is NC[C@@H](O)CC[C@@H](NC1O[C@H](CO)[C@H](O)[C@H](O)[C@H]1O)C(=O)O. The Balaban J connectivity index is 2.68. The molecule has 22 heavy (non-hydrogen) atoms. The highest BCUT2D eigenvalue weighted by Crippen LogP contribution is 2.20. The highest BCUT2D eigenvalue weighted by molar-refractivity contribution is 5.73. The van der Waals surface area contributed by atoms with Crippen molar-refractivity contribution in [2.24, 2.45) is 5.73 Å². The molecule has 10 nitrogen and oxygen atoms in total. The first-order valence-corrected chi connectivity index (χ1v) is 6.99. The lowest BCUT2D eigenvalue weighted by molar-refractivity contribution is -0.238. The Bertz CT molecular complexity index is 356.